The number of rotatable bonds is 15. The van der Waals surface area contributed by atoms with Crippen molar-refractivity contribution in [1.29, 1.82) is 0 Å². The molecule has 0 saturated carbocycles. The minimum absolute atomic E-state index is 0.484. The Hall–Kier alpha value is -2.10. The SMILES string of the molecule is CCCCCCCCCCCCCCCc1nnc(C2=Cc3ccccc3OC2)o1. The van der Waals surface area contributed by atoms with Crippen molar-refractivity contribution >= 4 is 11.6 Å². The summed E-state index contributed by atoms with van der Waals surface area (Å²) in [5, 5.41) is 8.46. The maximum Gasteiger partial charge on any atom is 0.247 e. The van der Waals surface area contributed by atoms with Crippen LogP contribution in [0.1, 0.15) is 108 Å². The zero-order chi connectivity index (χ0) is 20.9. The number of ether oxygens (including phenoxy) is 1. The number of hydrogen-bond donors (Lipinski definition) is 0. The fraction of sp³-hybridized carbons (Fsp3) is 0.615. The van der Waals surface area contributed by atoms with E-state index in [1.165, 1.54) is 77.0 Å². The van der Waals surface area contributed by atoms with Crippen molar-refractivity contribution in [3.05, 3.63) is 41.6 Å². The zero-order valence-electron chi connectivity index (χ0n) is 18.7. The van der Waals surface area contributed by atoms with E-state index in [1.807, 2.05) is 24.3 Å². The molecule has 0 fully saturated rings. The number of nitrogens with zero attached hydrogens (tertiary/aromatic N) is 2. The molecule has 0 radical (unpaired) electrons. The molecule has 0 atom stereocenters. The van der Waals surface area contributed by atoms with Crippen LogP contribution in [-0.2, 0) is 6.42 Å². The topological polar surface area (TPSA) is 48.2 Å². The molecule has 164 valence electrons. The lowest BCUT2D eigenvalue weighted by Gasteiger charge is -2.15. The maximum atomic E-state index is 5.87. The molecule has 0 aliphatic carbocycles. The average Bonchev–Trinajstić information content (AvgIpc) is 3.25. The van der Waals surface area contributed by atoms with Gasteiger partial charge in [-0.3, -0.25) is 0 Å². The van der Waals surface area contributed by atoms with Crippen LogP contribution in [0.25, 0.3) is 11.6 Å². The zero-order valence-corrected chi connectivity index (χ0v) is 18.7. The molecule has 2 heterocycles. The monoisotopic (exact) mass is 410 g/mol. The van der Waals surface area contributed by atoms with Crippen molar-refractivity contribution in [3.63, 3.8) is 0 Å². The number of aryl methyl sites for hydroxylation is 1. The van der Waals surface area contributed by atoms with Gasteiger partial charge in [0, 0.05) is 12.0 Å². The van der Waals surface area contributed by atoms with E-state index in [0.717, 1.165) is 35.6 Å². The fourth-order valence-corrected chi connectivity index (χ4v) is 4.02. The molecule has 1 aliphatic heterocycles. The van der Waals surface area contributed by atoms with Crippen LogP contribution in [0, 0.1) is 0 Å². The molecular formula is C26H38N2O2. The number of unbranched alkanes of at least 4 members (excludes halogenated alkanes) is 12. The standard InChI is InChI=1S/C26H38N2O2/c1-2-3-4-5-6-7-8-9-10-11-12-13-14-19-25-27-28-26(30-25)23-20-22-17-15-16-18-24(22)29-21-23/h15-18,20H,2-14,19,21H2,1H3. The molecule has 3 rings (SSSR count). The lowest BCUT2D eigenvalue weighted by Crippen LogP contribution is -2.06. The Balaban J connectivity index is 1.23. The first-order valence-corrected chi connectivity index (χ1v) is 12.1. The van der Waals surface area contributed by atoms with E-state index >= 15 is 0 Å². The van der Waals surface area contributed by atoms with Gasteiger partial charge in [-0.05, 0) is 18.6 Å². The molecule has 0 amide bonds. The number of benzene rings is 1. The normalized spacial score (nSPS) is 13.0. The van der Waals surface area contributed by atoms with Crippen LogP contribution in [0.15, 0.2) is 28.7 Å². The third kappa shape index (κ3) is 7.62. The molecule has 30 heavy (non-hydrogen) atoms. The highest BCUT2D eigenvalue weighted by Crippen LogP contribution is 2.29. The van der Waals surface area contributed by atoms with Gasteiger partial charge in [-0.25, -0.2) is 0 Å². The van der Waals surface area contributed by atoms with Crippen LogP contribution in [0.4, 0.5) is 0 Å². The highest BCUT2D eigenvalue weighted by molar-refractivity contribution is 5.82. The second kappa shape index (κ2) is 13.3. The number of hydrogen-bond acceptors (Lipinski definition) is 4. The first kappa shape index (κ1) is 22.6. The van der Waals surface area contributed by atoms with Crippen molar-refractivity contribution in [3.8, 4) is 5.75 Å². The van der Waals surface area contributed by atoms with Crippen molar-refractivity contribution in [2.75, 3.05) is 6.61 Å². The Morgan fingerprint density at radius 3 is 2.10 bits per heavy atom. The van der Waals surface area contributed by atoms with E-state index < -0.39 is 0 Å². The summed E-state index contributed by atoms with van der Waals surface area (Å²) >= 11 is 0. The van der Waals surface area contributed by atoms with Gasteiger partial charge >= 0.3 is 0 Å². The summed E-state index contributed by atoms with van der Waals surface area (Å²) in [5.74, 6) is 2.25. The number of para-hydroxylation sites is 1. The predicted octanol–water partition coefficient (Wildman–Crippen LogP) is 7.64. The predicted molar refractivity (Wildman–Crippen MR) is 124 cm³/mol. The molecule has 1 aromatic heterocycles. The highest BCUT2D eigenvalue weighted by atomic mass is 16.5. The Labute approximate surface area is 182 Å². The van der Waals surface area contributed by atoms with E-state index in [2.05, 4.69) is 23.2 Å². The second-order valence-electron chi connectivity index (χ2n) is 8.49. The second-order valence-corrected chi connectivity index (χ2v) is 8.49. The molecule has 0 spiro atoms. The summed E-state index contributed by atoms with van der Waals surface area (Å²) in [5.41, 5.74) is 2.02. The number of aromatic nitrogens is 2. The van der Waals surface area contributed by atoms with Gasteiger partial charge in [0.05, 0.1) is 5.57 Å². The quantitative estimate of drug-likeness (QED) is 0.283. The van der Waals surface area contributed by atoms with Crippen LogP contribution in [0.5, 0.6) is 5.75 Å². The molecule has 0 saturated heterocycles. The minimum atomic E-state index is 0.484. The Morgan fingerprint density at radius 2 is 1.40 bits per heavy atom. The van der Waals surface area contributed by atoms with E-state index in [-0.39, 0.29) is 0 Å². The third-order valence-corrected chi connectivity index (χ3v) is 5.87. The van der Waals surface area contributed by atoms with Crippen LogP contribution in [-0.4, -0.2) is 16.8 Å². The van der Waals surface area contributed by atoms with Crippen molar-refractivity contribution in [1.82, 2.24) is 10.2 Å². The summed E-state index contributed by atoms with van der Waals surface area (Å²) in [6.07, 6.45) is 20.7. The largest absolute Gasteiger partial charge is 0.488 e. The fourth-order valence-electron chi connectivity index (χ4n) is 4.02. The minimum Gasteiger partial charge on any atom is -0.488 e. The van der Waals surface area contributed by atoms with E-state index in [4.69, 9.17) is 9.15 Å². The molecular weight excluding hydrogens is 372 g/mol. The molecule has 1 aliphatic rings. The smallest absolute Gasteiger partial charge is 0.247 e. The molecule has 1 aromatic carbocycles. The summed E-state index contributed by atoms with van der Waals surface area (Å²) in [6.45, 7) is 2.76. The van der Waals surface area contributed by atoms with Gasteiger partial charge in [0.2, 0.25) is 11.8 Å². The molecule has 0 N–H and O–H groups in total. The van der Waals surface area contributed by atoms with Gasteiger partial charge in [0.25, 0.3) is 0 Å². The van der Waals surface area contributed by atoms with E-state index in [9.17, 15) is 0 Å². The highest BCUT2D eigenvalue weighted by Gasteiger charge is 2.17. The Bertz CT molecular complexity index is 766. The molecule has 2 aromatic rings. The molecule has 4 heteroatoms. The van der Waals surface area contributed by atoms with Gasteiger partial charge in [-0.15, -0.1) is 10.2 Å². The van der Waals surface area contributed by atoms with Crippen LogP contribution in [0.3, 0.4) is 0 Å². The van der Waals surface area contributed by atoms with Crippen molar-refractivity contribution < 1.29 is 9.15 Å². The van der Waals surface area contributed by atoms with Gasteiger partial charge in [-0.1, -0.05) is 102 Å². The molecule has 0 unspecified atom stereocenters. The van der Waals surface area contributed by atoms with Crippen LogP contribution < -0.4 is 4.74 Å². The summed E-state index contributed by atoms with van der Waals surface area (Å²) in [6, 6.07) is 8.02. The first-order valence-electron chi connectivity index (χ1n) is 12.1. The van der Waals surface area contributed by atoms with E-state index in [0.29, 0.717) is 12.5 Å². The van der Waals surface area contributed by atoms with Crippen molar-refractivity contribution in [2.24, 2.45) is 0 Å². The average molecular weight is 411 g/mol. The Kier molecular flexibility index (Phi) is 9.98. The van der Waals surface area contributed by atoms with Crippen LogP contribution in [0.2, 0.25) is 0 Å². The first-order chi connectivity index (χ1) is 14.9. The summed E-state index contributed by atoms with van der Waals surface area (Å²) < 4.78 is 11.7. The summed E-state index contributed by atoms with van der Waals surface area (Å²) in [4.78, 5) is 0. The van der Waals surface area contributed by atoms with Gasteiger partial charge in [0.1, 0.15) is 12.4 Å². The lowest BCUT2D eigenvalue weighted by atomic mass is 10.0. The van der Waals surface area contributed by atoms with Crippen molar-refractivity contribution in [2.45, 2.75) is 96.8 Å². The van der Waals surface area contributed by atoms with Gasteiger partial charge in [-0.2, -0.15) is 0 Å². The lowest BCUT2D eigenvalue weighted by molar-refractivity contribution is 0.359. The van der Waals surface area contributed by atoms with E-state index in [1.54, 1.807) is 0 Å². The van der Waals surface area contributed by atoms with Crippen LogP contribution >= 0.6 is 0 Å². The Morgan fingerprint density at radius 1 is 0.767 bits per heavy atom. The van der Waals surface area contributed by atoms with Gasteiger partial charge < -0.3 is 9.15 Å². The molecule has 4 nitrogen and oxygen atoms in total. The summed E-state index contributed by atoms with van der Waals surface area (Å²) in [7, 11) is 0. The number of fused-ring (bicyclic) bond motifs is 1. The third-order valence-electron chi connectivity index (χ3n) is 5.87. The van der Waals surface area contributed by atoms with Gasteiger partial charge in [0.15, 0.2) is 0 Å². The molecule has 0 bridgehead atoms. The maximum absolute atomic E-state index is 5.87.